The largest absolute Gasteiger partial charge is 0.496 e. The van der Waals surface area contributed by atoms with Crippen molar-refractivity contribution in [3.63, 3.8) is 0 Å². The van der Waals surface area contributed by atoms with Gasteiger partial charge in [-0.05, 0) is 36.3 Å². The van der Waals surface area contributed by atoms with Crippen LogP contribution in [0.5, 0.6) is 5.75 Å². The van der Waals surface area contributed by atoms with Crippen molar-refractivity contribution >= 4 is 28.9 Å². The van der Waals surface area contributed by atoms with Gasteiger partial charge in [-0.2, -0.15) is 0 Å². The SMILES string of the molecule is COc1c(CO[Si](C)(C)C(C)(C)C)cc(S(=O)(=O)c2ccccc2)c2ccccc12. The lowest BCUT2D eigenvalue weighted by Gasteiger charge is -2.36. The third kappa shape index (κ3) is 4.17. The first-order valence-electron chi connectivity index (χ1n) is 10.0. The van der Waals surface area contributed by atoms with Gasteiger partial charge in [-0.3, -0.25) is 0 Å². The van der Waals surface area contributed by atoms with Crippen molar-refractivity contribution in [3.8, 4) is 5.75 Å². The summed E-state index contributed by atoms with van der Waals surface area (Å²) in [5.41, 5.74) is 0.746. The predicted octanol–water partition coefficient (Wildman–Crippen LogP) is 6.20. The van der Waals surface area contributed by atoms with Crippen LogP contribution in [0.15, 0.2) is 70.5 Å². The Morgan fingerprint density at radius 3 is 2.03 bits per heavy atom. The second-order valence-electron chi connectivity index (χ2n) is 8.98. The zero-order valence-electron chi connectivity index (χ0n) is 18.5. The van der Waals surface area contributed by atoms with Crippen molar-refractivity contribution in [2.75, 3.05) is 7.11 Å². The maximum Gasteiger partial charge on any atom is 0.207 e. The lowest BCUT2D eigenvalue weighted by atomic mass is 10.1. The molecule has 3 rings (SSSR count). The van der Waals surface area contributed by atoms with E-state index in [-0.39, 0.29) is 14.8 Å². The predicted molar refractivity (Wildman–Crippen MR) is 124 cm³/mol. The van der Waals surface area contributed by atoms with Gasteiger partial charge in [0.2, 0.25) is 9.84 Å². The Morgan fingerprint density at radius 2 is 1.47 bits per heavy atom. The van der Waals surface area contributed by atoms with Gasteiger partial charge in [-0.25, -0.2) is 8.42 Å². The third-order valence-electron chi connectivity index (χ3n) is 5.98. The highest BCUT2D eigenvalue weighted by atomic mass is 32.2. The Hall–Kier alpha value is -2.15. The summed E-state index contributed by atoms with van der Waals surface area (Å²) in [6.45, 7) is 11.2. The smallest absolute Gasteiger partial charge is 0.207 e. The van der Waals surface area contributed by atoms with Crippen LogP contribution in [0.3, 0.4) is 0 Å². The molecule has 0 heterocycles. The van der Waals surface area contributed by atoms with Gasteiger partial charge in [-0.15, -0.1) is 0 Å². The number of benzene rings is 3. The topological polar surface area (TPSA) is 52.6 Å². The molecule has 0 amide bonds. The zero-order valence-corrected chi connectivity index (χ0v) is 20.3. The molecule has 0 spiro atoms. The molecule has 0 atom stereocenters. The molecule has 30 heavy (non-hydrogen) atoms. The molecule has 6 heteroatoms. The molecule has 0 fully saturated rings. The number of hydrogen-bond acceptors (Lipinski definition) is 4. The second kappa shape index (κ2) is 8.17. The summed E-state index contributed by atoms with van der Waals surface area (Å²) in [7, 11) is -4.10. The molecule has 3 aromatic rings. The molecule has 0 N–H and O–H groups in total. The quantitative estimate of drug-likeness (QED) is 0.426. The number of rotatable bonds is 6. The van der Waals surface area contributed by atoms with E-state index >= 15 is 0 Å². The highest BCUT2D eigenvalue weighted by molar-refractivity contribution is 7.91. The van der Waals surface area contributed by atoms with Gasteiger partial charge in [0.1, 0.15) is 5.75 Å². The van der Waals surface area contributed by atoms with Gasteiger partial charge in [0.05, 0.1) is 23.5 Å². The van der Waals surface area contributed by atoms with E-state index < -0.39 is 18.2 Å². The highest BCUT2D eigenvalue weighted by Crippen LogP contribution is 2.40. The van der Waals surface area contributed by atoms with Crippen LogP contribution in [0.4, 0.5) is 0 Å². The lowest BCUT2D eigenvalue weighted by molar-refractivity contribution is 0.270. The molecular weight excluding hydrogens is 412 g/mol. The first-order chi connectivity index (χ1) is 14.0. The zero-order chi connectivity index (χ0) is 22.2. The Bertz CT molecular complexity index is 1150. The molecular formula is C24H30O4SSi. The molecule has 0 bridgehead atoms. The Kier molecular flexibility index (Phi) is 6.14. The van der Waals surface area contributed by atoms with E-state index in [4.69, 9.17) is 9.16 Å². The van der Waals surface area contributed by atoms with Crippen molar-refractivity contribution in [2.45, 2.75) is 55.3 Å². The summed E-state index contributed by atoms with van der Waals surface area (Å²) in [5.74, 6) is 0.663. The average Bonchev–Trinajstić information content (AvgIpc) is 2.71. The van der Waals surface area contributed by atoms with Crippen LogP contribution in [-0.2, 0) is 20.9 Å². The van der Waals surface area contributed by atoms with Gasteiger partial charge in [0.25, 0.3) is 0 Å². The second-order valence-corrected chi connectivity index (χ2v) is 15.7. The summed E-state index contributed by atoms with van der Waals surface area (Å²) in [6, 6.07) is 17.7. The van der Waals surface area contributed by atoms with E-state index in [2.05, 4.69) is 33.9 Å². The fraction of sp³-hybridized carbons (Fsp3) is 0.333. The van der Waals surface area contributed by atoms with E-state index in [0.717, 1.165) is 10.9 Å². The molecule has 160 valence electrons. The standard InChI is InChI=1S/C24H30O4SSi/c1-24(2,3)30(5,6)28-17-18-16-22(29(25,26)19-12-8-7-9-13-19)20-14-10-11-15-21(20)23(18)27-4/h7-16H,17H2,1-6H3. The monoisotopic (exact) mass is 442 g/mol. The maximum absolute atomic E-state index is 13.5. The first kappa shape index (κ1) is 22.5. The minimum Gasteiger partial charge on any atom is -0.496 e. The number of fused-ring (bicyclic) bond motifs is 1. The fourth-order valence-electron chi connectivity index (χ4n) is 3.14. The van der Waals surface area contributed by atoms with Gasteiger partial charge < -0.3 is 9.16 Å². The summed E-state index contributed by atoms with van der Waals surface area (Å²) in [4.78, 5) is 0.551. The van der Waals surface area contributed by atoms with Crippen molar-refractivity contribution < 1.29 is 17.6 Å². The Labute approximate surface area is 180 Å². The van der Waals surface area contributed by atoms with E-state index in [9.17, 15) is 8.42 Å². The molecule has 0 radical (unpaired) electrons. The molecule has 0 saturated carbocycles. The van der Waals surface area contributed by atoms with Crippen LogP contribution in [0.25, 0.3) is 10.8 Å². The minimum atomic E-state index is -3.70. The van der Waals surface area contributed by atoms with Crippen LogP contribution < -0.4 is 4.74 Å². The third-order valence-corrected chi connectivity index (χ3v) is 12.3. The van der Waals surface area contributed by atoms with Crippen molar-refractivity contribution in [2.24, 2.45) is 0 Å². The average molecular weight is 443 g/mol. The molecule has 0 aliphatic carbocycles. The van der Waals surface area contributed by atoms with Crippen LogP contribution in [0, 0.1) is 0 Å². The summed E-state index contributed by atoms with van der Waals surface area (Å²) in [5, 5.41) is 1.47. The molecule has 0 aliphatic heterocycles. The summed E-state index contributed by atoms with van der Waals surface area (Å²) in [6.07, 6.45) is 0. The van der Waals surface area contributed by atoms with E-state index in [1.807, 2.05) is 30.3 Å². The van der Waals surface area contributed by atoms with Gasteiger partial charge in [0, 0.05) is 16.3 Å². The van der Waals surface area contributed by atoms with E-state index in [0.29, 0.717) is 17.7 Å². The van der Waals surface area contributed by atoms with Crippen LogP contribution >= 0.6 is 0 Å². The number of ether oxygens (including phenoxy) is 1. The maximum atomic E-state index is 13.5. The summed E-state index contributed by atoms with van der Waals surface area (Å²) >= 11 is 0. The van der Waals surface area contributed by atoms with Crippen molar-refractivity contribution in [1.29, 1.82) is 0 Å². The minimum absolute atomic E-state index is 0.0516. The van der Waals surface area contributed by atoms with Crippen molar-refractivity contribution in [1.82, 2.24) is 0 Å². The molecule has 0 aromatic heterocycles. The molecule has 0 unspecified atom stereocenters. The van der Waals surface area contributed by atoms with E-state index in [1.165, 1.54) is 0 Å². The number of hydrogen-bond donors (Lipinski definition) is 0. The van der Waals surface area contributed by atoms with Gasteiger partial charge in [-0.1, -0.05) is 63.2 Å². The molecule has 4 nitrogen and oxygen atoms in total. The Balaban J connectivity index is 2.20. The molecule has 0 saturated heterocycles. The normalized spacial score (nSPS) is 12.9. The lowest BCUT2D eigenvalue weighted by Crippen LogP contribution is -2.40. The first-order valence-corrected chi connectivity index (χ1v) is 14.4. The Morgan fingerprint density at radius 1 is 0.900 bits per heavy atom. The summed E-state index contributed by atoms with van der Waals surface area (Å²) < 4.78 is 39.1. The number of sulfone groups is 1. The highest BCUT2D eigenvalue weighted by Gasteiger charge is 2.37. The van der Waals surface area contributed by atoms with E-state index in [1.54, 1.807) is 37.4 Å². The van der Waals surface area contributed by atoms with Crippen LogP contribution in [0.1, 0.15) is 26.3 Å². The fourth-order valence-corrected chi connectivity index (χ4v) is 5.63. The number of methoxy groups -OCH3 is 1. The van der Waals surface area contributed by atoms with Crippen LogP contribution in [-0.4, -0.2) is 23.8 Å². The van der Waals surface area contributed by atoms with Crippen molar-refractivity contribution in [3.05, 3.63) is 66.2 Å². The van der Waals surface area contributed by atoms with Crippen LogP contribution in [0.2, 0.25) is 18.1 Å². The van der Waals surface area contributed by atoms with Gasteiger partial charge in [0.15, 0.2) is 8.32 Å². The van der Waals surface area contributed by atoms with Gasteiger partial charge >= 0.3 is 0 Å². The molecule has 0 aliphatic rings. The molecule has 3 aromatic carbocycles.